The van der Waals surface area contributed by atoms with Gasteiger partial charge in [0.2, 0.25) is 5.91 Å². The van der Waals surface area contributed by atoms with Crippen molar-refractivity contribution in [2.24, 2.45) is 0 Å². The van der Waals surface area contributed by atoms with Crippen LogP contribution < -0.4 is 16.0 Å². The molecule has 1 aliphatic heterocycles. The molecule has 3 rings (SSSR count). The Kier molecular flexibility index (Phi) is 6.63. The summed E-state index contributed by atoms with van der Waals surface area (Å²) in [4.78, 5) is 24.5. The topological polar surface area (TPSA) is 126 Å². The van der Waals surface area contributed by atoms with Gasteiger partial charge in [0.25, 0.3) is 0 Å². The van der Waals surface area contributed by atoms with Crippen molar-refractivity contribution in [2.75, 3.05) is 17.2 Å². The van der Waals surface area contributed by atoms with Crippen LogP contribution in [0.25, 0.3) is 0 Å². The first-order valence-electron chi connectivity index (χ1n) is 9.26. The van der Waals surface area contributed by atoms with Gasteiger partial charge in [-0.1, -0.05) is 35.5 Å². The molecule has 154 valence electrons. The van der Waals surface area contributed by atoms with Crippen LogP contribution in [0, 0.1) is 13.8 Å². The molecule has 2 aromatic rings. The zero-order chi connectivity index (χ0) is 20.8. The number of nitrogens with zero attached hydrogens (tertiary/aromatic N) is 1. The first-order valence-corrected chi connectivity index (χ1v) is 9.26. The minimum Gasteiger partial charge on any atom is -0.394 e. The van der Waals surface area contributed by atoms with E-state index in [1.54, 1.807) is 38.1 Å². The maximum absolute atomic E-state index is 12.3. The summed E-state index contributed by atoms with van der Waals surface area (Å²) in [6.45, 7) is 3.11. The zero-order valence-corrected chi connectivity index (χ0v) is 16.2. The number of anilines is 2. The molecule has 0 bridgehead atoms. The van der Waals surface area contributed by atoms with Crippen LogP contribution in [0.15, 0.2) is 47.0 Å². The molecule has 3 amide bonds. The quantitative estimate of drug-likeness (QED) is 0.551. The smallest absolute Gasteiger partial charge is 0.319 e. The van der Waals surface area contributed by atoms with Crippen molar-refractivity contribution in [3.63, 3.8) is 0 Å². The summed E-state index contributed by atoms with van der Waals surface area (Å²) in [5.41, 5.74) is 1.77. The molecule has 2 heterocycles. The van der Waals surface area contributed by atoms with E-state index in [0.717, 1.165) is 0 Å². The van der Waals surface area contributed by atoms with Crippen LogP contribution >= 0.6 is 0 Å². The van der Waals surface area contributed by atoms with Crippen LogP contribution in [0.1, 0.15) is 17.9 Å². The Hall–Kier alpha value is -3.17. The number of amides is 3. The predicted molar refractivity (Wildman–Crippen MR) is 106 cm³/mol. The van der Waals surface area contributed by atoms with Gasteiger partial charge in [-0.2, -0.15) is 0 Å². The van der Waals surface area contributed by atoms with E-state index in [2.05, 4.69) is 21.1 Å². The fourth-order valence-electron chi connectivity index (χ4n) is 3.01. The van der Waals surface area contributed by atoms with Crippen molar-refractivity contribution in [1.82, 2.24) is 10.5 Å². The molecule has 29 heavy (non-hydrogen) atoms. The summed E-state index contributed by atoms with van der Waals surface area (Å²) >= 11 is 0. The van der Waals surface area contributed by atoms with Gasteiger partial charge in [-0.05, 0) is 26.0 Å². The second-order valence-corrected chi connectivity index (χ2v) is 6.72. The standard InChI is InChI=1S/C20H24N4O5/c1-12-19(13(2)29-24-12)23-20(27)22-16-9-8-15(28-17(16)11-25)10-18(26)21-14-6-4-3-5-7-14/h3-9,15-17,25H,10-11H2,1-2H3,(H,21,26)(H2,22,23,27)/t15-,16-,17-/m0/s1. The number of hydrogen-bond acceptors (Lipinski definition) is 6. The molecular formula is C20H24N4O5. The number of hydrogen-bond donors (Lipinski definition) is 4. The molecule has 0 spiro atoms. The number of ether oxygens (including phenoxy) is 1. The molecule has 1 aliphatic rings. The minimum atomic E-state index is -0.676. The third-order valence-corrected chi connectivity index (χ3v) is 4.48. The third-order valence-electron chi connectivity index (χ3n) is 4.48. The molecule has 4 N–H and O–H groups in total. The normalized spacial score (nSPS) is 20.9. The van der Waals surface area contributed by atoms with E-state index in [9.17, 15) is 14.7 Å². The van der Waals surface area contributed by atoms with Gasteiger partial charge in [0, 0.05) is 5.69 Å². The Morgan fingerprint density at radius 1 is 1.14 bits per heavy atom. The SMILES string of the molecule is Cc1noc(C)c1NC(=O)N[C@H]1C=C[C@@H](CC(=O)Nc2ccccc2)O[C@H]1CO. The molecule has 3 atom stereocenters. The van der Waals surface area contributed by atoms with Gasteiger partial charge in [0.15, 0.2) is 5.76 Å². The highest BCUT2D eigenvalue weighted by Gasteiger charge is 2.29. The predicted octanol–water partition coefficient (Wildman–Crippen LogP) is 2.13. The summed E-state index contributed by atoms with van der Waals surface area (Å²) in [5.74, 6) is 0.293. The largest absolute Gasteiger partial charge is 0.394 e. The zero-order valence-electron chi connectivity index (χ0n) is 16.2. The Morgan fingerprint density at radius 2 is 1.90 bits per heavy atom. The molecule has 0 fully saturated rings. The van der Waals surface area contributed by atoms with E-state index < -0.39 is 24.3 Å². The van der Waals surface area contributed by atoms with Crippen molar-refractivity contribution in [2.45, 2.75) is 38.5 Å². The van der Waals surface area contributed by atoms with E-state index in [1.807, 2.05) is 18.2 Å². The van der Waals surface area contributed by atoms with Crippen molar-refractivity contribution in [1.29, 1.82) is 0 Å². The molecule has 0 saturated carbocycles. The van der Waals surface area contributed by atoms with E-state index in [4.69, 9.17) is 9.26 Å². The van der Waals surface area contributed by atoms with Gasteiger partial charge in [-0.3, -0.25) is 4.79 Å². The Balaban J connectivity index is 1.55. The second kappa shape index (κ2) is 9.35. The summed E-state index contributed by atoms with van der Waals surface area (Å²) in [6.07, 6.45) is 2.35. The number of nitrogens with one attached hydrogen (secondary N) is 3. The molecule has 1 aromatic carbocycles. The first kappa shape index (κ1) is 20.6. The van der Waals surface area contributed by atoms with Gasteiger partial charge < -0.3 is 30.3 Å². The molecule has 9 heteroatoms. The number of urea groups is 1. The molecule has 0 saturated heterocycles. The Morgan fingerprint density at radius 3 is 2.55 bits per heavy atom. The van der Waals surface area contributed by atoms with Gasteiger partial charge >= 0.3 is 6.03 Å². The van der Waals surface area contributed by atoms with Crippen LogP contribution in [0.5, 0.6) is 0 Å². The highest BCUT2D eigenvalue weighted by molar-refractivity contribution is 5.91. The van der Waals surface area contributed by atoms with Crippen LogP contribution in [0.3, 0.4) is 0 Å². The Bertz CT molecular complexity index is 861. The number of rotatable bonds is 6. The van der Waals surface area contributed by atoms with Gasteiger partial charge in [0.1, 0.15) is 17.5 Å². The maximum atomic E-state index is 12.3. The Labute approximate surface area is 168 Å². The summed E-state index contributed by atoms with van der Waals surface area (Å²) in [6, 6.07) is 8.10. The molecule has 9 nitrogen and oxygen atoms in total. The minimum absolute atomic E-state index is 0.0971. The molecule has 0 unspecified atom stereocenters. The highest BCUT2D eigenvalue weighted by atomic mass is 16.5. The fourth-order valence-corrected chi connectivity index (χ4v) is 3.01. The number of carbonyl (C=O) groups excluding carboxylic acids is 2. The average Bonchev–Trinajstić information content (AvgIpc) is 3.01. The summed E-state index contributed by atoms with van der Waals surface area (Å²) < 4.78 is 10.8. The van der Waals surface area contributed by atoms with Crippen LogP contribution in [0.2, 0.25) is 0 Å². The van der Waals surface area contributed by atoms with Gasteiger partial charge in [-0.15, -0.1) is 0 Å². The van der Waals surface area contributed by atoms with Crippen LogP contribution in [-0.2, 0) is 9.53 Å². The monoisotopic (exact) mass is 400 g/mol. The fraction of sp³-hybridized carbons (Fsp3) is 0.350. The number of aliphatic hydroxyl groups is 1. The van der Waals surface area contributed by atoms with Gasteiger partial charge in [-0.25, -0.2) is 4.79 Å². The number of carbonyl (C=O) groups is 2. The molecule has 0 aliphatic carbocycles. The lowest BCUT2D eigenvalue weighted by Crippen LogP contribution is -2.50. The lowest BCUT2D eigenvalue weighted by Gasteiger charge is -2.31. The first-order chi connectivity index (χ1) is 14.0. The number of aryl methyl sites for hydroxylation is 2. The maximum Gasteiger partial charge on any atom is 0.319 e. The van der Waals surface area contributed by atoms with E-state index >= 15 is 0 Å². The summed E-state index contributed by atoms with van der Waals surface area (Å²) in [7, 11) is 0. The molecule has 1 aromatic heterocycles. The van der Waals surface area contributed by atoms with E-state index in [-0.39, 0.29) is 18.9 Å². The lowest BCUT2D eigenvalue weighted by atomic mass is 10.0. The lowest BCUT2D eigenvalue weighted by molar-refractivity contribution is -0.120. The number of aromatic nitrogens is 1. The molecule has 0 radical (unpaired) electrons. The van der Waals surface area contributed by atoms with Crippen molar-refractivity contribution < 1.29 is 24.0 Å². The van der Waals surface area contributed by atoms with Gasteiger partial charge in [0.05, 0.1) is 25.2 Å². The second-order valence-electron chi connectivity index (χ2n) is 6.72. The third kappa shape index (κ3) is 5.43. The number of para-hydroxylation sites is 1. The number of benzene rings is 1. The summed E-state index contributed by atoms with van der Waals surface area (Å²) in [5, 5.41) is 21.6. The molecular weight excluding hydrogens is 376 g/mol. The average molecular weight is 400 g/mol. The van der Waals surface area contributed by atoms with Crippen molar-refractivity contribution in [3.05, 3.63) is 53.9 Å². The van der Waals surface area contributed by atoms with Crippen LogP contribution in [0.4, 0.5) is 16.2 Å². The highest BCUT2D eigenvalue weighted by Crippen LogP contribution is 2.20. The van der Waals surface area contributed by atoms with Crippen molar-refractivity contribution >= 4 is 23.3 Å². The van der Waals surface area contributed by atoms with Crippen LogP contribution in [-0.4, -0.2) is 47.1 Å². The van der Waals surface area contributed by atoms with E-state index in [0.29, 0.717) is 22.8 Å². The van der Waals surface area contributed by atoms with Crippen molar-refractivity contribution in [3.8, 4) is 0 Å². The van der Waals surface area contributed by atoms with E-state index in [1.165, 1.54) is 0 Å². The number of aliphatic hydroxyl groups excluding tert-OH is 1.